The lowest BCUT2D eigenvalue weighted by Gasteiger charge is -2.14. The first-order chi connectivity index (χ1) is 8.36. The van der Waals surface area contributed by atoms with Gasteiger partial charge in [0.25, 0.3) is 5.91 Å². The molecule has 0 unspecified atom stereocenters. The fourth-order valence-electron chi connectivity index (χ4n) is 1.34. The summed E-state index contributed by atoms with van der Waals surface area (Å²) in [7, 11) is 0. The van der Waals surface area contributed by atoms with Gasteiger partial charge in [0, 0.05) is 5.57 Å². The van der Waals surface area contributed by atoms with Crippen molar-refractivity contribution in [1.29, 1.82) is 0 Å². The number of rotatable bonds is 8. The van der Waals surface area contributed by atoms with Gasteiger partial charge in [-0.1, -0.05) is 46.2 Å². The molecule has 0 rings (SSSR count). The molecule has 0 atom stereocenters. The maximum atomic E-state index is 11.3. The Labute approximate surface area is 110 Å². The summed E-state index contributed by atoms with van der Waals surface area (Å²) in [5, 5.41) is 0. The second kappa shape index (κ2) is 7.38. The lowest BCUT2D eigenvalue weighted by Crippen LogP contribution is -2.03. The highest BCUT2D eigenvalue weighted by Crippen LogP contribution is 2.27. The highest BCUT2D eigenvalue weighted by atomic mass is 16.1. The summed E-state index contributed by atoms with van der Waals surface area (Å²) in [6.07, 6.45) is 3.00. The van der Waals surface area contributed by atoms with E-state index >= 15 is 0 Å². The van der Waals surface area contributed by atoms with E-state index in [1.807, 2.05) is 0 Å². The summed E-state index contributed by atoms with van der Waals surface area (Å²) in [5.74, 6) is -0.492. The molecule has 2 heteroatoms. The van der Waals surface area contributed by atoms with Crippen molar-refractivity contribution in [2.45, 2.75) is 26.2 Å². The molecule has 0 fully saturated rings. The summed E-state index contributed by atoms with van der Waals surface area (Å²) in [6, 6.07) is 0. The van der Waals surface area contributed by atoms with Crippen LogP contribution in [0.25, 0.3) is 0 Å². The van der Waals surface area contributed by atoms with E-state index in [4.69, 9.17) is 0 Å². The SMILES string of the molecule is C=NC(=O)C(=C)C(=C)C(=C)C(=C)C(=C)CCCC. The average Bonchev–Trinajstić information content (AvgIpc) is 2.40. The topological polar surface area (TPSA) is 29.4 Å². The molecule has 0 radical (unpaired) electrons. The summed E-state index contributed by atoms with van der Waals surface area (Å²) in [5.41, 5.74) is 2.84. The molecule has 18 heavy (non-hydrogen) atoms. The third-order valence-electron chi connectivity index (χ3n) is 2.75. The van der Waals surface area contributed by atoms with E-state index in [-0.39, 0.29) is 5.57 Å². The van der Waals surface area contributed by atoms with Crippen molar-refractivity contribution in [3.63, 3.8) is 0 Å². The quantitative estimate of drug-likeness (QED) is 0.357. The first kappa shape index (κ1) is 16.0. The zero-order chi connectivity index (χ0) is 14.3. The number of hydrogen-bond donors (Lipinski definition) is 0. The molecular formula is C16H21NO. The van der Waals surface area contributed by atoms with Gasteiger partial charge in [0.1, 0.15) is 0 Å². The number of aliphatic imine (C=N–C) groups is 1. The summed E-state index contributed by atoms with van der Waals surface area (Å²) in [6.45, 7) is 24.5. The second-order valence-electron chi connectivity index (χ2n) is 4.08. The Morgan fingerprint density at radius 2 is 1.44 bits per heavy atom. The molecule has 0 aliphatic heterocycles. The Morgan fingerprint density at radius 3 is 1.89 bits per heavy atom. The number of amides is 1. The van der Waals surface area contributed by atoms with Gasteiger partial charge in [-0.2, -0.15) is 0 Å². The van der Waals surface area contributed by atoms with Crippen LogP contribution in [-0.4, -0.2) is 12.6 Å². The van der Waals surface area contributed by atoms with Crippen LogP contribution < -0.4 is 0 Å². The molecular weight excluding hydrogens is 222 g/mol. The Hall–Kier alpha value is -1.96. The first-order valence-corrected chi connectivity index (χ1v) is 5.82. The minimum atomic E-state index is -0.492. The van der Waals surface area contributed by atoms with Crippen LogP contribution in [0.3, 0.4) is 0 Å². The van der Waals surface area contributed by atoms with E-state index in [1.54, 1.807) is 0 Å². The van der Waals surface area contributed by atoms with E-state index in [1.165, 1.54) is 0 Å². The monoisotopic (exact) mass is 243 g/mol. The number of nitrogens with zero attached hydrogens (tertiary/aromatic N) is 1. The van der Waals surface area contributed by atoms with Crippen molar-refractivity contribution in [3.05, 3.63) is 60.8 Å². The average molecular weight is 243 g/mol. The largest absolute Gasteiger partial charge is 0.276 e. The van der Waals surface area contributed by atoms with Crippen LogP contribution in [0.4, 0.5) is 0 Å². The van der Waals surface area contributed by atoms with Gasteiger partial charge in [0.2, 0.25) is 0 Å². The van der Waals surface area contributed by atoms with Crippen LogP contribution in [0, 0.1) is 0 Å². The van der Waals surface area contributed by atoms with Crippen molar-refractivity contribution in [2.24, 2.45) is 4.99 Å². The fourth-order valence-corrected chi connectivity index (χ4v) is 1.34. The lowest BCUT2D eigenvalue weighted by atomic mass is 9.90. The van der Waals surface area contributed by atoms with E-state index in [2.05, 4.69) is 51.5 Å². The molecule has 2 nitrogen and oxygen atoms in total. The van der Waals surface area contributed by atoms with E-state index in [9.17, 15) is 4.79 Å². The van der Waals surface area contributed by atoms with Gasteiger partial charge in [-0.15, -0.1) is 0 Å². The van der Waals surface area contributed by atoms with Crippen molar-refractivity contribution in [1.82, 2.24) is 0 Å². The Morgan fingerprint density at radius 1 is 0.944 bits per heavy atom. The predicted octanol–water partition coefficient (Wildman–Crippen LogP) is 4.18. The van der Waals surface area contributed by atoms with Gasteiger partial charge in [-0.3, -0.25) is 4.79 Å². The number of carbonyl (C=O) groups excluding carboxylic acids is 1. The van der Waals surface area contributed by atoms with Gasteiger partial charge < -0.3 is 0 Å². The minimum Gasteiger partial charge on any atom is -0.267 e. The van der Waals surface area contributed by atoms with Crippen molar-refractivity contribution >= 4 is 12.6 Å². The third kappa shape index (κ3) is 4.13. The first-order valence-electron chi connectivity index (χ1n) is 5.82. The van der Waals surface area contributed by atoms with E-state index in [0.717, 1.165) is 24.8 Å². The maximum Gasteiger partial charge on any atom is 0.276 e. The van der Waals surface area contributed by atoms with Crippen LogP contribution in [0.2, 0.25) is 0 Å². The van der Waals surface area contributed by atoms with Crippen molar-refractivity contribution in [2.75, 3.05) is 0 Å². The number of allylic oxidation sites excluding steroid dienone is 3. The van der Waals surface area contributed by atoms with Crippen LogP contribution in [0.5, 0.6) is 0 Å². The molecule has 0 aliphatic carbocycles. The molecule has 0 aliphatic rings. The Bertz CT molecular complexity index is 438. The third-order valence-corrected chi connectivity index (χ3v) is 2.75. The number of carbonyl (C=O) groups is 1. The van der Waals surface area contributed by atoms with Crippen LogP contribution in [-0.2, 0) is 4.79 Å². The van der Waals surface area contributed by atoms with Gasteiger partial charge in [0.05, 0.1) is 0 Å². The number of unbranched alkanes of at least 4 members (excludes halogenated alkanes) is 1. The molecule has 0 spiro atoms. The zero-order valence-corrected chi connectivity index (χ0v) is 11.2. The van der Waals surface area contributed by atoms with Crippen LogP contribution in [0.15, 0.2) is 65.8 Å². The summed E-state index contributed by atoms with van der Waals surface area (Å²) in [4.78, 5) is 14.6. The normalized spacial score (nSPS) is 9.39. The molecule has 0 heterocycles. The van der Waals surface area contributed by atoms with Crippen molar-refractivity contribution in [3.8, 4) is 0 Å². The number of hydrogen-bond acceptors (Lipinski definition) is 1. The standard InChI is InChI=1S/C16H21NO/c1-8-9-10-11(2)12(3)13(4)14(5)15(6)16(18)17-7/h2-10H2,1H3. The lowest BCUT2D eigenvalue weighted by molar-refractivity contribution is -0.114. The predicted molar refractivity (Wildman–Crippen MR) is 79.8 cm³/mol. The molecule has 0 aromatic rings. The van der Waals surface area contributed by atoms with Crippen molar-refractivity contribution < 1.29 is 4.79 Å². The van der Waals surface area contributed by atoms with E-state index in [0.29, 0.717) is 16.7 Å². The molecule has 0 aromatic heterocycles. The molecule has 1 amide bonds. The summed E-state index contributed by atoms with van der Waals surface area (Å²) >= 11 is 0. The van der Waals surface area contributed by atoms with Crippen LogP contribution in [0.1, 0.15) is 26.2 Å². The Balaban J connectivity index is 4.75. The van der Waals surface area contributed by atoms with Gasteiger partial charge in [-0.05, 0) is 41.9 Å². The van der Waals surface area contributed by atoms with Gasteiger partial charge in [0.15, 0.2) is 0 Å². The highest BCUT2D eigenvalue weighted by Gasteiger charge is 2.14. The summed E-state index contributed by atoms with van der Waals surface area (Å²) < 4.78 is 0. The molecule has 0 saturated carbocycles. The highest BCUT2D eigenvalue weighted by molar-refractivity contribution is 6.01. The zero-order valence-electron chi connectivity index (χ0n) is 11.2. The van der Waals surface area contributed by atoms with Gasteiger partial charge >= 0.3 is 0 Å². The smallest absolute Gasteiger partial charge is 0.267 e. The molecule has 0 bridgehead atoms. The molecule has 96 valence electrons. The van der Waals surface area contributed by atoms with Gasteiger partial charge in [-0.25, -0.2) is 4.99 Å². The van der Waals surface area contributed by atoms with E-state index < -0.39 is 5.91 Å². The Kier molecular flexibility index (Phi) is 6.58. The maximum absolute atomic E-state index is 11.3. The fraction of sp³-hybridized carbons (Fsp3) is 0.250. The minimum absolute atomic E-state index is 0.194. The van der Waals surface area contributed by atoms with Crippen LogP contribution >= 0.6 is 0 Å². The molecule has 0 aromatic carbocycles. The molecule has 0 saturated heterocycles. The molecule has 0 N–H and O–H groups in total. The second-order valence-corrected chi connectivity index (χ2v) is 4.08.